The molecule has 0 amide bonds. The Morgan fingerprint density at radius 1 is 1.21 bits per heavy atom. The van der Waals surface area contributed by atoms with Gasteiger partial charge < -0.3 is 4.74 Å². The van der Waals surface area contributed by atoms with Crippen LogP contribution in [-0.4, -0.2) is 11.9 Å². The first kappa shape index (κ1) is 9.69. The fraction of sp³-hybridized carbons (Fsp3) is 0.818. The molecule has 0 aromatic carbocycles. The molecule has 2 rings (SSSR count). The van der Waals surface area contributed by atoms with Crippen LogP contribution in [0.3, 0.4) is 0 Å². The number of rotatable bonds is 1. The highest BCUT2D eigenvalue weighted by Gasteiger charge is 2.46. The van der Waals surface area contributed by atoms with E-state index in [0.29, 0.717) is 6.42 Å². The minimum absolute atomic E-state index is 0.0154. The summed E-state index contributed by atoms with van der Waals surface area (Å²) in [5.41, 5.74) is 0.0154. The molecule has 0 spiro atoms. The van der Waals surface area contributed by atoms with E-state index < -0.39 is 0 Å². The Morgan fingerprint density at radius 3 is 2.36 bits per heavy atom. The van der Waals surface area contributed by atoms with Gasteiger partial charge in [-0.1, -0.05) is 26.2 Å². The Balaban J connectivity index is 2.12. The highest BCUT2D eigenvalue weighted by Crippen LogP contribution is 2.45. The van der Waals surface area contributed by atoms with Crippen molar-refractivity contribution in [3.63, 3.8) is 0 Å². The lowest BCUT2D eigenvalue weighted by Crippen LogP contribution is -2.32. The zero-order chi connectivity index (χ0) is 10.2. The molecule has 0 N–H and O–H groups in total. The topological polar surface area (TPSA) is 43.4 Å². The van der Waals surface area contributed by atoms with E-state index in [9.17, 15) is 9.59 Å². The predicted octanol–water partition coefficient (Wildman–Crippen LogP) is 2.05. The molecular formula is C11H16O3. The third-order valence-corrected chi connectivity index (χ3v) is 3.71. The van der Waals surface area contributed by atoms with Gasteiger partial charge in [0.05, 0.1) is 12.3 Å². The van der Waals surface area contributed by atoms with E-state index in [1.165, 1.54) is 19.3 Å². The van der Waals surface area contributed by atoms with Gasteiger partial charge >= 0.3 is 11.9 Å². The fourth-order valence-electron chi connectivity index (χ4n) is 2.71. The number of esters is 2. The summed E-state index contributed by atoms with van der Waals surface area (Å²) in [5, 5.41) is 0. The lowest BCUT2D eigenvalue weighted by molar-refractivity contribution is -0.154. The maximum atomic E-state index is 11.4. The molecule has 0 aromatic heterocycles. The first-order chi connectivity index (χ1) is 6.62. The van der Waals surface area contributed by atoms with Gasteiger partial charge in [-0.05, 0) is 18.3 Å². The predicted molar refractivity (Wildman–Crippen MR) is 50.4 cm³/mol. The second kappa shape index (κ2) is 3.37. The van der Waals surface area contributed by atoms with Crippen LogP contribution in [0.5, 0.6) is 0 Å². The summed E-state index contributed by atoms with van der Waals surface area (Å²) < 4.78 is 4.61. The van der Waals surface area contributed by atoms with Crippen LogP contribution in [0.4, 0.5) is 0 Å². The second-order valence-electron chi connectivity index (χ2n) is 4.76. The maximum Gasteiger partial charge on any atom is 0.317 e. The van der Waals surface area contributed by atoms with Crippen molar-refractivity contribution in [3.8, 4) is 0 Å². The van der Waals surface area contributed by atoms with Gasteiger partial charge in [0, 0.05) is 0 Å². The lowest BCUT2D eigenvalue weighted by atomic mass is 9.67. The normalized spacial score (nSPS) is 31.6. The Bertz CT molecular complexity index is 264. The quantitative estimate of drug-likeness (QED) is 0.476. The van der Waals surface area contributed by atoms with Gasteiger partial charge in [0.2, 0.25) is 0 Å². The second-order valence-corrected chi connectivity index (χ2v) is 4.76. The molecule has 0 aromatic rings. The molecule has 3 heteroatoms. The van der Waals surface area contributed by atoms with E-state index >= 15 is 0 Å². The van der Waals surface area contributed by atoms with Crippen LogP contribution in [0.25, 0.3) is 0 Å². The van der Waals surface area contributed by atoms with Crippen LogP contribution < -0.4 is 0 Å². The summed E-state index contributed by atoms with van der Waals surface area (Å²) in [6.45, 7) is 2.12. The monoisotopic (exact) mass is 196 g/mol. The Hall–Kier alpha value is -0.860. The number of hydrogen-bond donors (Lipinski definition) is 0. The molecule has 1 heterocycles. The summed E-state index contributed by atoms with van der Waals surface area (Å²) in [6, 6.07) is 0. The zero-order valence-electron chi connectivity index (χ0n) is 8.54. The highest BCUT2D eigenvalue weighted by molar-refractivity contribution is 5.95. The van der Waals surface area contributed by atoms with Crippen LogP contribution in [0, 0.1) is 11.3 Å². The molecule has 14 heavy (non-hydrogen) atoms. The van der Waals surface area contributed by atoms with Crippen molar-refractivity contribution < 1.29 is 14.3 Å². The third kappa shape index (κ3) is 1.56. The summed E-state index contributed by atoms with van der Waals surface area (Å²) in [5.74, 6) is -0.804. The highest BCUT2D eigenvalue weighted by atomic mass is 16.6. The number of hydrogen-bond acceptors (Lipinski definition) is 3. The van der Waals surface area contributed by atoms with E-state index in [1.807, 2.05) is 0 Å². The van der Waals surface area contributed by atoms with Gasteiger partial charge in [-0.3, -0.25) is 9.59 Å². The Kier molecular flexibility index (Phi) is 2.33. The number of carbonyl (C=O) groups excluding carboxylic acids is 2. The SMILES string of the molecule is CC1(C2CC(=O)OC2=O)CCCCC1. The van der Waals surface area contributed by atoms with Gasteiger partial charge in [0.1, 0.15) is 0 Å². The number of ether oxygens (including phenoxy) is 1. The third-order valence-electron chi connectivity index (χ3n) is 3.71. The smallest absolute Gasteiger partial charge is 0.317 e. The lowest BCUT2D eigenvalue weighted by Gasteiger charge is -2.36. The van der Waals surface area contributed by atoms with Crippen molar-refractivity contribution in [2.45, 2.75) is 45.4 Å². The van der Waals surface area contributed by atoms with Gasteiger partial charge in [0.25, 0.3) is 0 Å². The Morgan fingerprint density at radius 2 is 1.86 bits per heavy atom. The average molecular weight is 196 g/mol. The summed E-state index contributed by atoms with van der Waals surface area (Å²) in [6.07, 6.45) is 6.02. The van der Waals surface area contributed by atoms with Crippen molar-refractivity contribution in [2.24, 2.45) is 11.3 Å². The van der Waals surface area contributed by atoms with Crippen LogP contribution in [0.1, 0.15) is 45.4 Å². The molecule has 1 atom stereocenters. The van der Waals surface area contributed by atoms with Crippen molar-refractivity contribution >= 4 is 11.9 Å². The van der Waals surface area contributed by atoms with E-state index in [4.69, 9.17) is 0 Å². The molecule has 1 unspecified atom stereocenters. The first-order valence-corrected chi connectivity index (χ1v) is 5.36. The standard InChI is InChI=1S/C11H16O3/c1-11(5-3-2-4-6-11)8-7-9(12)14-10(8)13/h8H,2-7H2,1H3. The average Bonchev–Trinajstić information content (AvgIpc) is 2.47. The van der Waals surface area contributed by atoms with E-state index in [1.54, 1.807) is 0 Å². The van der Waals surface area contributed by atoms with Crippen LogP contribution >= 0.6 is 0 Å². The van der Waals surface area contributed by atoms with Crippen molar-refractivity contribution in [2.75, 3.05) is 0 Å². The van der Waals surface area contributed by atoms with Crippen LogP contribution in [0.15, 0.2) is 0 Å². The molecule has 2 aliphatic rings. The molecule has 1 aliphatic carbocycles. The maximum absolute atomic E-state index is 11.4. The Labute approximate surface area is 83.8 Å². The van der Waals surface area contributed by atoms with Crippen LogP contribution in [-0.2, 0) is 14.3 Å². The molecule has 1 saturated heterocycles. The van der Waals surface area contributed by atoms with Crippen LogP contribution in [0.2, 0.25) is 0 Å². The van der Waals surface area contributed by atoms with Gasteiger partial charge in [-0.15, -0.1) is 0 Å². The molecule has 3 nitrogen and oxygen atoms in total. The fourth-order valence-corrected chi connectivity index (χ4v) is 2.71. The summed E-state index contributed by atoms with van der Waals surface area (Å²) in [4.78, 5) is 22.5. The molecule has 1 aliphatic heterocycles. The summed E-state index contributed by atoms with van der Waals surface area (Å²) in [7, 11) is 0. The molecular weight excluding hydrogens is 180 g/mol. The van der Waals surface area contributed by atoms with E-state index in [0.717, 1.165) is 12.8 Å². The molecule has 1 saturated carbocycles. The van der Waals surface area contributed by atoms with Gasteiger partial charge in [-0.2, -0.15) is 0 Å². The largest absolute Gasteiger partial charge is 0.393 e. The minimum atomic E-state index is -0.341. The number of cyclic esters (lactones) is 2. The molecule has 0 bridgehead atoms. The van der Waals surface area contributed by atoms with Crippen molar-refractivity contribution in [1.82, 2.24) is 0 Å². The minimum Gasteiger partial charge on any atom is -0.393 e. The van der Waals surface area contributed by atoms with Gasteiger partial charge in [0.15, 0.2) is 0 Å². The molecule has 0 radical (unpaired) electrons. The van der Waals surface area contributed by atoms with Gasteiger partial charge in [-0.25, -0.2) is 0 Å². The molecule has 78 valence electrons. The zero-order valence-corrected chi connectivity index (χ0v) is 8.54. The first-order valence-electron chi connectivity index (χ1n) is 5.36. The molecule has 2 fully saturated rings. The van der Waals surface area contributed by atoms with E-state index in [2.05, 4.69) is 11.7 Å². The van der Waals surface area contributed by atoms with Crippen molar-refractivity contribution in [1.29, 1.82) is 0 Å². The number of carbonyl (C=O) groups is 2. The summed E-state index contributed by atoms with van der Waals surface area (Å²) >= 11 is 0. The van der Waals surface area contributed by atoms with E-state index in [-0.39, 0.29) is 23.3 Å². The van der Waals surface area contributed by atoms with Crippen molar-refractivity contribution in [3.05, 3.63) is 0 Å².